The van der Waals surface area contributed by atoms with Crippen molar-refractivity contribution in [3.63, 3.8) is 0 Å². The fourth-order valence-corrected chi connectivity index (χ4v) is 4.24. The number of benzene rings is 1. The number of hydrogen-bond acceptors (Lipinski definition) is 3. The van der Waals surface area contributed by atoms with E-state index >= 15 is 0 Å². The van der Waals surface area contributed by atoms with Crippen molar-refractivity contribution in [2.75, 3.05) is 26.2 Å². The zero-order valence-corrected chi connectivity index (χ0v) is 14.9. The van der Waals surface area contributed by atoms with E-state index in [0.717, 1.165) is 0 Å². The molecule has 1 aromatic carbocycles. The molecular formula is C15H22ClN3O3S. The molecule has 0 saturated carbocycles. The first-order chi connectivity index (χ1) is 10.8. The molecule has 8 heteroatoms. The van der Waals surface area contributed by atoms with Crippen molar-refractivity contribution in [2.24, 2.45) is 0 Å². The molecule has 1 N–H and O–H groups in total. The van der Waals surface area contributed by atoms with Crippen molar-refractivity contribution in [3.05, 3.63) is 34.9 Å². The molecule has 0 unspecified atom stereocenters. The van der Waals surface area contributed by atoms with E-state index in [0.29, 0.717) is 36.8 Å². The minimum atomic E-state index is -3.44. The van der Waals surface area contributed by atoms with Gasteiger partial charge in [-0.05, 0) is 25.5 Å². The van der Waals surface area contributed by atoms with Gasteiger partial charge in [-0.3, -0.25) is 0 Å². The first kappa shape index (κ1) is 18.0. The average Bonchev–Trinajstić information content (AvgIpc) is 2.49. The fraction of sp³-hybridized carbons (Fsp3) is 0.533. The maximum absolute atomic E-state index is 12.5. The lowest BCUT2D eigenvalue weighted by atomic mass is 10.2. The molecule has 0 radical (unpaired) electrons. The molecule has 1 aromatic rings. The van der Waals surface area contributed by atoms with Crippen molar-refractivity contribution in [3.8, 4) is 0 Å². The lowest BCUT2D eigenvalue weighted by Gasteiger charge is -2.34. The molecular weight excluding hydrogens is 338 g/mol. The van der Waals surface area contributed by atoms with E-state index in [1.807, 2.05) is 13.8 Å². The van der Waals surface area contributed by atoms with Gasteiger partial charge in [-0.25, -0.2) is 13.2 Å². The van der Waals surface area contributed by atoms with Gasteiger partial charge in [0.25, 0.3) is 0 Å². The minimum absolute atomic E-state index is 0.0597. The Labute approximate surface area is 142 Å². The molecule has 1 heterocycles. The third kappa shape index (κ3) is 4.83. The van der Waals surface area contributed by atoms with Gasteiger partial charge in [-0.1, -0.05) is 29.8 Å². The maximum atomic E-state index is 12.5. The Balaban J connectivity index is 1.96. The molecule has 0 spiro atoms. The number of urea groups is 1. The SMILES string of the molecule is CC(C)NC(=O)N1CCN(S(=O)(=O)Cc2ccccc2Cl)CC1. The van der Waals surface area contributed by atoms with Crippen LogP contribution in [0.2, 0.25) is 5.02 Å². The Bertz CT molecular complexity index is 656. The molecule has 1 saturated heterocycles. The van der Waals surface area contributed by atoms with Crippen LogP contribution in [0.15, 0.2) is 24.3 Å². The van der Waals surface area contributed by atoms with E-state index in [4.69, 9.17) is 11.6 Å². The largest absolute Gasteiger partial charge is 0.336 e. The van der Waals surface area contributed by atoms with Crippen molar-refractivity contribution in [1.29, 1.82) is 0 Å². The van der Waals surface area contributed by atoms with E-state index in [1.54, 1.807) is 29.2 Å². The zero-order valence-electron chi connectivity index (χ0n) is 13.3. The van der Waals surface area contributed by atoms with E-state index in [9.17, 15) is 13.2 Å². The number of hydrogen-bond donors (Lipinski definition) is 1. The summed E-state index contributed by atoms with van der Waals surface area (Å²) in [5, 5.41) is 3.26. The first-order valence-corrected chi connectivity index (χ1v) is 9.55. The molecule has 1 aliphatic rings. The number of sulfonamides is 1. The van der Waals surface area contributed by atoms with Crippen LogP contribution in [0, 0.1) is 0 Å². The number of carbonyl (C=O) groups is 1. The quantitative estimate of drug-likeness (QED) is 0.892. The minimum Gasteiger partial charge on any atom is -0.336 e. The number of nitrogens with one attached hydrogen (secondary N) is 1. The second-order valence-electron chi connectivity index (χ2n) is 5.84. The van der Waals surface area contributed by atoms with Gasteiger partial charge >= 0.3 is 6.03 Å². The van der Waals surface area contributed by atoms with Crippen LogP contribution in [0.4, 0.5) is 4.79 Å². The molecule has 0 bridgehead atoms. The number of piperazine rings is 1. The molecule has 2 amide bonds. The zero-order chi connectivity index (χ0) is 17.0. The van der Waals surface area contributed by atoms with Crippen LogP contribution >= 0.6 is 11.6 Å². The van der Waals surface area contributed by atoms with Gasteiger partial charge in [0.2, 0.25) is 10.0 Å². The summed E-state index contributed by atoms with van der Waals surface area (Å²) >= 11 is 6.04. The highest BCUT2D eigenvalue weighted by Gasteiger charge is 2.29. The Hall–Kier alpha value is -1.31. The highest BCUT2D eigenvalue weighted by atomic mass is 35.5. The fourth-order valence-electron chi connectivity index (χ4n) is 2.41. The van der Waals surface area contributed by atoms with Gasteiger partial charge in [-0.15, -0.1) is 0 Å². The number of carbonyl (C=O) groups excluding carboxylic acids is 1. The molecule has 0 aliphatic carbocycles. The smallest absolute Gasteiger partial charge is 0.317 e. The summed E-state index contributed by atoms with van der Waals surface area (Å²) in [5.41, 5.74) is 0.592. The van der Waals surface area contributed by atoms with Gasteiger partial charge < -0.3 is 10.2 Å². The van der Waals surface area contributed by atoms with Crippen LogP contribution in [0.3, 0.4) is 0 Å². The predicted molar refractivity (Wildman–Crippen MR) is 90.9 cm³/mol. The third-order valence-electron chi connectivity index (χ3n) is 3.63. The molecule has 23 heavy (non-hydrogen) atoms. The molecule has 2 rings (SSSR count). The third-order valence-corrected chi connectivity index (χ3v) is 5.82. The van der Waals surface area contributed by atoms with Gasteiger partial charge in [0.05, 0.1) is 5.75 Å². The molecule has 0 aromatic heterocycles. The number of amides is 2. The van der Waals surface area contributed by atoms with E-state index < -0.39 is 10.0 Å². The predicted octanol–water partition coefficient (Wildman–Crippen LogP) is 1.91. The number of halogens is 1. The van der Waals surface area contributed by atoms with Gasteiger partial charge in [0.1, 0.15) is 0 Å². The Morgan fingerprint density at radius 1 is 1.22 bits per heavy atom. The van der Waals surface area contributed by atoms with Gasteiger partial charge in [0.15, 0.2) is 0 Å². The summed E-state index contributed by atoms with van der Waals surface area (Å²) in [6.45, 7) is 5.17. The standard InChI is InChI=1S/C15H22ClN3O3S/c1-12(2)17-15(20)18-7-9-19(10-8-18)23(21,22)11-13-5-3-4-6-14(13)16/h3-6,12H,7-11H2,1-2H3,(H,17,20). The summed E-state index contributed by atoms with van der Waals surface area (Å²) in [6.07, 6.45) is 0. The maximum Gasteiger partial charge on any atom is 0.317 e. The van der Waals surface area contributed by atoms with E-state index in [1.165, 1.54) is 4.31 Å². The second kappa shape index (κ2) is 7.51. The molecule has 1 fully saturated rings. The van der Waals surface area contributed by atoms with Crippen LogP contribution < -0.4 is 5.32 Å². The first-order valence-electron chi connectivity index (χ1n) is 7.56. The van der Waals surface area contributed by atoms with Crippen molar-refractivity contribution < 1.29 is 13.2 Å². The van der Waals surface area contributed by atoms with Crippen LogP contribution in [-0.4, -0.2) is 55.9 Å². The molecule has 128 valence electrons. The van der Waals surface area contributed by atoms with Crippen molar-refractivity contribution in [1.82, 2.24) is 14.5 Å². The normalized spacial score (nSPS) is 16.6. The lowest BCUT2D eigenvalue weighted by molar-refractivity contribution is 0.170. The van der Waals surface area contributed by atoms with Crippen LogP contribution in [0.25, 0.3) is 0 Å². The summed E-state index contributed by atoms with van der Waals surface area (Å²) in [7, 11) is -3.44. The number of rotatable bonds is 4. The molecule has 1 aliphatic heterocycles. The Morgan fingerprint density at radius 2 is 1.83 bits per heavy atom. The monoisotopic (exact) mass is 359 g/mol. The summed E-state index contributed by atoms with van der Waals surface area (Å²) < 4.78 is 26.4. The Kier molecular flexibility index (Phi) is 5.89. The highest BCUT2D eigenvalue weighted by Crippen LogP contribution is 2.20. The van der Waals surface area contributed by atoms with E-state index in [2.05, 4.69) is 5.32 Å². The average molecular weight is 360 g/mol. The topological polar surface area (TPSA) is 69.7 Å². The molecule has 0 atom stereocenters. The summed E-state index contributed by atoms with van der Waals surface area (Å²) in [6, 6.07) is 6.84. The Morgan fingerprint density at radius 3 is 2.39 bits per heavy atom. The summed E-state index contributed by atoms with van der Waals surface area (Å²) in [4.78, 5) is 13.6. The number of nitrogens with zero attached hydrogens (tertiary/aromatic N) is 2. The van der Waals surface area contributed by atoms with Crippen LogP contribution in [0.1, 0.15) is 19.4 Å². The van der Waals surface area contributed by atoms with Crippen molar-refractivity contribution >= 4 is 27.7 Å². The summed E-state index contributed by atoms with van der Waals surface area (Å²) in [5.74, 6) is -0.120. The van der Waals surface area contributed by atoms with Gasteiger partial charge in [-0.2, -0.15) is 4.31 Å². The van der Waals surface area contributed by atoms with E-state index in [-0.39, 0.29) is 17.8 Å². The highest BCUT2D eigenvalue weighted by molar-refractivity contribution is 7.88. The van der Waals surface area contributed by atoms with Gasteiger partial charge in [0, 0.05) is 37.2 Å². The van der Waals surface area contributed by atoms with Crippen LogP contribution in [0.5, 0.6) is 0 Å². The van der Waals surface area contributed by atoms with Crippen LogP contribution in [-0.2, 0) is 15.8 Å². The second-order valence-corrected chi connectivity index (χ2v) is 8.21. The lowest BCUT2D eigenvalue weighted by Crippen LogP contribution is -2.54. The molecule has 6 nitrogen and oxygen atoms in total. The van der Waals surface area contributed by atoms with Crippen molar-refractivity contribution in [2.45, 2.75) is 25.6 Å².